The highest BCUT2D eigenvalue weighted by atomic mass is 35.5. The van der Waals surface area contributed by atoms with Crippen molar-refractivity contribution in [2.24, 2.45) is 0 Å². The summed E-state index contributed by atoms with van der Waals surface area (Å²) in [6.45, 7) is 0. The highest BCUT2D eigenvalue weighted by molar-refractivity contribution is 7.10. The van der Waals surface area contributed by atoms with Crippen molar-refractivity contribution in [2.45, 2.75) is 6.04 Å². The van der Waals surface area contributed by atoms with Crippen LogP contribution in [0.1, 0.15) is 21.3 Å². The molecule has 0 bridgehead atoms. The molecule has 0 aliphatic rings. The maximum Gasteiger partial charge on any atom is 0.331 e. The Kier molecular flexibility index (Phi) is 4.19. The molecule has 0 saturated heterocycles. The van der Waals surface area contributed by atoms with Gasteiger partial charge in [-0.05, 0) is 23.6 Å². The lowest BCUT2D eigenvalue weighted by Crippen LogP contribution is -2.33. The van der Waals surface area contributed by atoms with E-state index >= 15 is 0 Å². The Hall–Kier alpha value is -1.85. The van der Waals surface area contributed by atoms with Gasteiger partial charge in [0.25, 0.3) is 5.91 Å². The monoisotopic (exact) mass is 295 g/mol. The minimum Gasteiger partial charge on any atom is -0.479 e. The van der Waals surface area contributed by atoms with E-state index in [9.17, 15) is 9.59 Å². The van der Waals surface area contributed by atoms with Crippen molar-refractivity contribution in [2.75, 3.05) is 0 Å². The van der Waals surface area contributed by atoms with Gasteiger partial charge in [0, 0.05) is 4.88 Å². The van der Waals surface area contributed by atoms with E-state index in [1.54, 1.807) is 41.8 Å². The Balaban J connectivity index is 2.21. The summed E-state index contributed by atoms with van der Waals surface area (Å²) in [6.07, 6.45) is 0. The number of thiophene rings is 1. The van der Waals surface area contributed by atoms with E-state index in [0.29, 0.717) is 4.88 Å². The molecule has 0 aliphatic heterocycles. The van der Waals surface area contributed by atoms with Crippen LogP contribution in [0.15, 0.2) is 41.8 Å². The Labute approximate surface area is 118 Å². The topological polar surface area (TPSA) is 66.4 Å². The van der Waals surface area contributed by atoms with Gasteiger partial charge in [-0.25, -0.2) is 4.79 Å². The molecule has 0 spiro atoms. The number of halogens is 1. The highest BCUT2D eigenvalue weighted by Crippen LogP contribution is 2.21. The fourth-order valence-corrected chi connectivity index (χ4v) is 2.55. The third-order valence-electron chi connectivity index (χ3n) is 2.47. The summed E-state index contributed by atoms with van der Waals surface area (Å²) in [7, 11) is 0. The lowest BCUT2D eigenvalue weighted by Gasteiger charge is -2.13. The Morgan fingerprint density at radius 1 is 1.21 bits per heavy atom. The molecular formula is C13H10ClNO3S. The van der Waals surface area contributed by atoms with Gasteiger partial charge in [-0.1, -0.05) is 29.8 Å². The number of carboxylic acid groups (broad SMARTS) is 1. The standard InChI is InChI=1S/C13H10ClNO3S/c14-9-5-2-1-4-8(9)12(16)15-11(13(17)18)10-6-3-7-19-10/h1-7,11H,(H,15,16)(H,17,18). The van der Waals surface area contributed by atoms with Crippen molar-refractivity contribution in [3.63, 3.8) is 0 Å². The second-order valence-corrected chi connectivity index (χ2v) is 5.13. The molecule has 1 amide bonds. The predicted octanol–water partition coefficient (Wildman–Crippen LogP) is 2.96. The van der Waals surface area contributed by atoms with E-state index in [2.05, 4.69) is 5.32 Å². The number of nitrogens with one attached hydrogen (secondary N) is 1. The summed E-state index contributed by atoms with van der Waals surface area (Å²) >= 11 is 7.17. The first-order valence-electron chi connectivity index (χ1n) is 5.41. The number of carbonyl (C=O) groups excluding carboxylic acids is 1. The molecule has 0 radical (unpaired) electrons. The molecule has 2 N–H and O–H groups in total. The summed E-state index contributed by atoms with van der Waals surface area (Å²) in [5.74, 6) is -1.62. The van der Waals surface area contributed by atoms with Crippen LogP contribution in [0.4, 0.5) is 0 Å². The maximum absolute atomic E-state index is 12.0. The average molecular weight is 296 g/mol. The van der Waals surface area contributed by atoms with Crippen molar-refractivity contribution < 1.29 is 14.7 Å². The Morgan fingerprint density at radius 3 is 2.53 bits per heavy atom. The zero-order valence-electron chi connectivity index (χ0n) is 9.67. The number of hydrogen-bond acceptors (Lipinski definition) is 3. The lowest BCUT2D eigenvalue weighted by atomic mass is 10.2. The number of carbonyl (C=O) groups is 2. The fraction of sp³-hybridized carbons (Fsp3) is 0.0769. The SMILES string of the molecule is O=C(NC(C(=O)O)c1cccs1)c1ccccc1Cl. The summed E-state index contributed by atoms with van der Waals surface area (Å²) in [6, 6.07) is 8.83. The number of carboxylic acids is 1. The highest BCUT2D eigenvalue weighted by Gasteiger charge is 2.24. The molecule has 4 nitrogen and oxygen atoms in total. The van der Waals surface area contributed by atoms with Crippen molar-refractivity contribution in [3.05, 3.63) is 57.2 Å². The van der Waals surface area contributed by atoms with Crippen molar-refractivity contribution in [1.29, 1.82) is 0 Å². The van der Waals surface area contributed by atoms with Crippen LogP contribution in [-0.2, 0) is 4.79 Å². The Morgan fingerprint density at radius 2 is 1.95 bits per heavy atom. The molecule has 1 unspecified atom stereocenters. The van der Waals surface area contributed by atoms with Crippen molar-refractivity contribution in [3.8, 4) is 0 Å². The molecule has 1 aromatic carbocycles. The van der Waals surface area contributed by atoms with Crippen LogP contribution in [0.3, 0.4) is 0 Å². The van der Waals surface area contributed by atoms with Gasteiger partial charge in [0.2, 0.25) is 0 Å². The molecule has 19 heavy (non-hydrogen) atoms. The predicted molar refractivity (Wildman–Crippen MR) is 73.6 cm³/mol. The van der Waals surface area contributed by atoms with E-state index in [1.165, 1.54) is 11.3 Å². The van der Waals surface area contributed by atoms with E-state index < -0.39 is 17.9 Å². The first-order chi connectivity index (χ1) is 9.09. The van der Waals surface area contributed by atoms with Crippen LogP contribution < -0.4 is 5.32 Å². The maximum atomic E-state index is 12.0. The number of rotatable bonds is 4. The summed E-state index contributed by atoms with van der Waals surface area (Å²) in [4.78, 5) is 23.8. The normalized spacial score (nSPS) is 11.8. The quantitative estimate of drug-likeness (QED) is 0.911. The minimum absolute atomic E-state index is 0.256. The van der Waals surface area contributed by atoms with Crippen molar-refractivity contribution >= 4 is 34.8 Å². The molecule has 2 rings (SSSR count). The molecule has 0 aliphatic carbocycles. The minimum atomic E-state index is -1.11. The molecule has 0 fully saturated rings. The first-order valence-corrected chi connectivity index (χ1v) is 6.67. The van der Waals surface area contributed by atoms with Gasteiger partial charge in [0.15, 0.2) is 6.04 Å². The largest absolute Gasteiger partial charge is 0.479 e. The molecule has 1 aromatic heterocycles. The molecule has 0 saturated carbocycles. The van der Waals surface area contributed by atoms with Gasteiger partial charge in [-0.2, -0.15) is 0 Å². The number of aliphatic carboxylic acids is 1. The smallest absolute Gasteiger partial charge is 0.331 e. The third kappa shape index (κ3) is 3.13. The zero-order chi connectivity index (χ0) is 13.8. The summed E-state index contributed by atoms with van der Waals surface area (Å²) < 4.78 is 0. The number of benzene rings is 1. The molecule has 2 aromatic rings. The molecule has 6 heteroatoms. The number of hydrogen-bond donors (Lipinski definition) is 2. The molecular weight excluding hydrogens is 286 g/mol. The van der Waals surface area contributed by atoms with Crippen LogP contribution in [0.5, 0.6) is 0 Å². The first kappa shape index (κ1) is 13.6. The summed E-state index contributed by atoms with van der Waals surface area (Å²) in [5, 5.41) is 13.7. The molecule has 1 atom stereocenters. The van der Waals surface area contributed by atoms with Crippen LogP contribution >= 0.6 is 22.9 Å². The zero-order valence-corrected chi connectivity index (χ0v) is 11.2. The average Bonchev–Trinajstić information content (AvgIpc) is 2.89. The van der Waals surface area contributed by atoms with Crippen LogP contribution in [0.2, 0.25) is 5.02 Å². The second-order valence-electron chi connectivity index (χ2n) is 3.74. The third-order valence-corrected chi connectivity index (χ3v) is 3.74. The van der Waals surface area contributed by atoms with E-state index in [-0.39, 0.29) is 10.6 Å². The van der Waals surface area contributed by atoms with E-state index in [1.807, 2.05) is 0 Å². The van der Waals surface area contributed by atoms with Gasteiger partial charge < -0.3 is 10.4 Å². The van der Waals surface area contributed by atoms with Gasteiger partial charge in [0.1, 0.15) is 0 Å². The van der Waals surface area contributed by atoms with Gasteiger partial charge >= 0.3 is 5.97 Å². The van der Waals surface area contributed by atoms with E-state index in [0.717, 1.165) is 0 Å². The number of amides is 1. The van der Waals surface area contributed by atoms with E-state index in [4.69, 9.17) is 16.7 Å². The van der Waals surface area contributed by atoms with Gasteiger partial charge in [0.05, 0.1) is 10.6 Å². The van der Waals surface area contributed by atoms with Crippen LogP contribution in [-0.4, -0.2) is 17.0 Å². The second kappa shape index (κ2) is 5.86. The van der Waals surface area contributed by atoms with Gasteiger partial charge in [-0.3, -0.25) is 4.79 Å². The van der Waals surface area contributed by atoms with Crippen LogP contribution in [0.25, 0.3) is 0 Å². The van der Waals surface area contributed by atoms with Crippen LogP contribution in [0, 0.1) is 0 Å². The Bertz CT molecular complexity index is 598. The fourth-order valence-electron chi connectivity index (χ4n) is 1.56. The lowest BCUT2D eigenvalue weighted by molar-refractivity contribution is -0.139. The van der Waals surface area contributed by atoms with Gasteiger partial charge in [-0.15, -0.1) is 11.3 Å². The molecule has 98 valence electrons. The summed E-state index contributed by atoms with van der Waals surface area (Å²) in [5.41, 5.74) is 0.256. The molecule has 1 heterocycles. The van der Waals surface area contributed by atoms with Crippen molar-refractivity contribution in [1.82, 2.24) is 5.32 Å².